The lowest BCUT2D eigenvalue weighted by molar-refractivity contribution is -0.147. The number of benzene rings is 1. The highest BCUT2D eigenvalue weighted by Gasteiger charge is 2.55. The number of nitrogens with two attached hydrogens (primary N) is 1. The number of carbonyl (C=O) groups is 1. The smallest absolute Gasteiger partial charge is 0.330 e. The van der Waals surface area contributed by atoms with Crippen LogP contribution in [-0.2, 0) is 4.79 Å². The summed E-state index contributed by atoms with van der Waals surface area (Å²) in [5.74, 6) is -0.741. The van der Waals surface area contributed by atoms with E-state index in [4.69, 9.17) is 5.73 Å². The molecule has 19 heavy (non-hydrogen) atoms. The van der Waals surface area contributed by atoms with Crippen LogP contribution in [-0.4, -0.2) is 23.2 Å². The molecule has 4 heteroatoms. The van der Waals surface area contributed by atoms with Crippen molar-refractivity contribution in [3.05, 3.63) is 24.3 Å². The molecule has 1 atom stereocenters. The molecule has 1 aliphatic rings. The van der Waals surface area contributed by atoms with Crippen LogP contribution in [0.1, 0.15) is 33.6 Å². The minimum Gasteiger partial charge on any atom is -0.479 e. The number of nitrogen functional groups attached to an aromatic ring is 1. The molecule has 0 unspecified atom stereocenters. The molecule has 0 spiro atoms. The van der Waals surface area contributed by atoms with E-state index in [1.807, 2.05) is 49.9 Å². The molecule has 1 aliphatic heterocycles. The molecule has 1 aromatic rings. The molecule has 104 valence electrons. The van der Waals surface area contributed by atoms with Crippen molar-refractivity contribution >= 4 is 17.3 Å². The molecule has 0 radical (unpaired) electrons. The third kappa shape index (κ3) is 2.05. The topological polar surface area (TPSA) is 66.6 Å². The van der Waals surface area contributed by atoms with Crippen LogP contribution in [0.4, 0.5) is 11.4 Å². The molecule has 1 heterocycles. The first-order chi connectivity index (χ1) is 8.79. The summed E-state index contributed by atoms with van der Waals surface area (Å²) in [6.45, 7) is 6.76. The van der Waals surface area contributed by atoms with E-state index < -0.39 is 11.5 Å². The monoisotopic (exact) mass is 262 g/mol. The molecule has 0 aliphatic carbocycles. The zero-order chi connectivity index (χ0) is 14.3. The Kier molecular flexibility index (Phi) is 3.20. The van der Waals surface area contributed by atoms with Crippen molar-refractivity contribution in [1.29, 1.82) is 0 Å². The number of hydrogen-bond acceptors (Lipinski definition) is 3. The van der Waals surface area contributed by atoms with Gasteiger partial charge in [-0.05, 0) is 42.5 Å². The number of carboxylic acid groups (broad SMARTS) is 1. The van der Waals surface area contributed by atoms with E-state index in [1.54, 1.807) is 0 Å². The van der Waals surface area contributed by atoms with E-state index in [2.05, 4.69) is 0 Å². The van der Waals surface area contributed by atoms with Crippen LogP contribution in [0, 0.1) is 5.41 Å². The molecule has 2 rings (SSSR count). The normalized spacial score (nSPS) is 23.6. The van der Waals surface area contributed by atoms with Gasteiger partial charge in [0, 0.05) is 17.9 Å². The molecular weight excluding hydrogens is 240 g/mol. The van der Waals surface area contributed by atoms with Gasteiger partial charge >= 0.3 is 5.97 Å². The standard InChI is InChI=1S/C15H22N2O2/c1-14(2,3)15(13(18)19)9-4-10-17(15)12-7-5-11(16)6-8-12/h5-8H,4,9-10,16H2,1-3H3,(H,18,19)/t15-/m0/s1. The van der Waals surface area contributed by atoms with E-state index in [0.29, 0.717) is 12.1 Å². The van der Waals surface area contributed by atoms with Crippen molar-refractivity contribution in [3.63, 3.8) is 0 Å². The fourth-order valence-electron chi connectivity index (χ4n) is 3.15. The van der Waals surface area contributed by atoms with Gasteiger partial charge in [-0.1, -0.05) is 20.8 Å². The number of nitrogens with zero attached hydrogens (tertiary/aromatic N) is 1. The third-order valence-corrected chi connectivity index (χ3v) is 4.18. The Morgan fingerprint density at radius 2 is 1.89 bits per heavy atom. The van der Waals surface area contributed by atoms with Crippen molar-refractivity contribution < 1.29 is 9.90 Å². The summed E-state index contributed by atoms with van der Waals surface area (Å²) in [5.41, 5.74) is 6.15. The Morgan fingerprint density at radius 3 is 2.37 bits per heavy atom. The SMILES string of the molecule is CC(C)(C)[C@@]1(C(=O)O)CCCN1c1ccc(N)cc1. The maximum atomic E-state index is 12.0. The van der Waals surface area contributed by atoms with E-state index in [9.17, 15) is 9.90 Å². The van der Waals surface area contributed by atoms with Crippen molar-refractivity contribution in [2.75, 3.05) is 17.2 Å². The van der Waals surface area contributed by atoms with Gasteiger partial charge < -0.3 is 15.7 Å². The number of anilines is 2. The second-order valence-corrected chi connectivity index (χ2v) is 6.26. The van der Waals surface area contributed by atoms with Gasteiger partial charge in [0.15, 0.2) is 0 Å². The Morgan fingerprint density at radius 1 is 1.32 bits per heavy atom. The van der Waals surface area contributed by atoms with Gasteiger partial charge in [0.2, 0.25) is 0 Å². The van der Waals surface area contributed by atoms with E-state index >= 15 is 0 Å². The van der Waals surface area contributed by atoms with Crippen molar-refractivity contribution in [1.82, 2.24) is 0 Å². The molecule has 4 nitrogen and oxygen atoms in total. The molecular formula is C15H22N2O2. The van der Waals surface area contributed by atoms with Gasteiger partial charge in [-0.2, -0.15) is 0 Å². The Hall–Kier alpha value is -1.71. The quantitative estimate of drug-likeness (QED) is 0.804. The maximum Gasteiger partial charge on any atom is 0.330 e. The predicted octanol–water partition coefficient (Wildman–Crippen LogP) is 2.74. The molecule has 0 bridgehead atoms. The Balaban J connectivity index is 2.49. The van der Waals surface area contributed by atoms with Crippen LogP contribution in [0.5, 0.6) is 0 Å². The zero-order valence-electron chi connectivity index (χ0n) is 11.8. The van der Waals surface area contributed by atoms with E-state index in [1.165, 1.54) is 0 Å². The van der Waals surface area contributed by atoms with Gasteiger partial charge in [0.05, 0.1) is 0 Å². The van der Waals surface area contributed by atoms with Gasteiger partial charge in [-0.15, -0.1) is 0 Å². The summed E-state index contributed by atoms with van der Waals surface area (Å²) >= 11 is 0. The summed E-state index contributed by atoms with van der Waals surface area (Å²) in [5, 5.41) is 9.82. The van der Waals surface area contributed by atoms with Gasteiger partial charge in [-0.3, -0.25) is 0 Å². The average Bonchev–Trinajstić information content (AvgIpc) is 2.74. The second kappa shape index (κ2) is 4.44. The minimum atomic E-state index is -0.844. The average molecular weight is 262 g/mol. The van der Waals surface area contributed by atoms with Gasteiger partial charge in [0.25, 0.3) is 0 Å². The molecule has 1 saturated heterocycles. The first-order valence-corrected chi connectivity index (χ1v) is 6.65. The first kappa shape index (κ1) is 13.7. The maximum absolute atomic E-state index is 12.0. The number of aliphatic carboxylic acids is 1. The fourth-order valence-corrected chi connectivity index (χ4v) is 3.15. The van der Waals surface area contributed by atoms with Crippen LogP contribution in [0.15, 0.2) is 24.3 Å². The number of carboxylic acids is 1. The molecule has 0 aromatic heterocycles. The fraction of sp³-hybridized carbons (Fsp3) is 0.533. The second-order valence-electron chi connectivity index (χ2n) is 6.26. The van der Waals surface area contributed by atoms with Crippen molar-refractivity contribution in [2.45, 2.75) is 39.2 Å². The third-order valence-electron chi connectivity index (χ3n) is 4.18. The zero-order valence-corrected chi connectivity index (χ0v) is 11.8. The summed E-state index contributed by atoms with van der Waals surface area (Å²) in [6, 6.07) is 7.46. The minimum absolute atomic E-state index is 0.337. The van der Waals surface area contributed by atoms with E-state index in [0.717, 1.165) is 18.7 Å². The Labute approximate surface area is 114 Å². The largest absolute Gasteiger partial charge is 0.479 e. The number of hydrogen-bond donors (Lipinski definition) is 2. The Bertz CT molecular complexity index is 476. The van der Waals surface area contributed by atoms with Crippen LogP contribution < -0.4 is 10.6 Å². The lowest BCUT2D eigenvalue weighted by atomic mass is 9.71. The van der Waals surface area contributed by atoms with Crippen molar-refractivity contribution in [2.24, 2.45) is 5.41 Å². The molecule has 0 saturated carbocycles. The van der Waals surface area contributed by atoms with Gasteiger partial charge in [0.1, 0.15) is 5.54 Å². The van der Waals surface area contributed by atoms with Crippen LogP contribution >= 0.6 is 0 Å². The van der Waals surface area contributed by atoms with Crippen LogP contribution in [0.25, 0.3) is 0 Å². The highest BCUT2D eigenvalue weighted by molar-refractivity contribution is 5.85. The van der Waals surface area contributed by atoms with E-state index in [-0.39, 0.29) is 5.41 Å². The van der Waals surface area contributed by atoms with Gasteiger partial charge in [-0.25, -0.2) is 4.79 Å². The molecule has 1 aromatic carbocycles. The van der Waals surface area contributed by atoms with Crippen LogP contribution in [0.3, 0.4) is 0 Å². The lowest BCUT2D eigenvalue weighted by Gasteiger charge is -2.45. The summed E-state index contributed by atoms with van der Waals surface area (Å²) in [7, 11) is 0. The summed E-state index contributed by atoms with van der Waals surface area (Å²) in [6.07, 6.45) is 1.57. The highest BCUT2D eigenvalue weighted by atomic mass is 16.4. The highest BCUT2D eigenvalue weighted by Crippen LogP contribution is 2.46. The molecule has 0 amide bonds. The van der Waals surface area contributed by atoms with Crippen molar-refractivity contribution in [3.8, 4) is 0 Å². The molecule has 3 N–H and O–H groups in total. The summed E-state index contributed by atoms with van der Waals surface area (Å²) in [4.78, 5) is 14.0. The summed E-state index contributed by atoms with van der Waals surface area (Å²) < 4.78 is 0. The lowest BCUT2D eigenvalue weighted by Crippen LogP contribution is -2.59. The number of rotatable bonds is 2. The molecule has 1 fully saturated rings. The predicted molar refractivity (Wildman–Crippen MR) is 77.3 cm³/mol. The van der Waals surface area contributed by atoms with Crippen LogP contribution in [0.2, 0.25) is 0 Å². The first-order valence-electron chi connectivity index (χ1n) is 6.65.